The van der Waals surface area contributed by atoms with Crippen molar-refractivity contribution in [1.82, 2.24) is 9.88 Å². The monoisotopic (exact) mass is 421 g/mol. The summed E-state index contributed by atoms with van der Waals surface area (Å²) in [5.41, 5.74) is 1.48. The van der Waals surface area contributed by atoms with Gasteiger partial charge in [-0.05, 0) is 50.1 Å². The second-order valence-electron chi connectivity index (χ2n) is 7.29. The number of piperidine rings is 1. The molecular weight excluding hydrogens is 398 g/mol. The third kappa shape index (κ3) is 4.86. The number of benzene rings is 2. The first-order chi connectivity index (χ1) is 14.6. The number of aromatic nitrogens is 1. The van der Waals surface area contributed by atoms with E-state index in [1.54, 1.807) is 17.0 Å². The van der Waals surface area contributed by atoms with E-state index in [2.05, 4.69) is 10.3 Å². The molecule has 2 aromatic carbocycles. The van der Waals surface area contributed by atoms with E-state index >= 15 is 0 Å². The molecule has 2 heterocycles. The maximum atomic E-state index is 12.9. The Morgan fingerprint density at radius 1 is 1.07 bits per heavy atom. The van der Waals surface area contributed by atoms with Crippen molar-refractivity contribution >= 4 is 28.3 Å². The maximum absolute atomic E-state index is 12.9. The number of anilines is 1. The Morgan fingerprint density at radius 2 is 1.80 bits per heavy atom. The lowest BCUT2D eigenvalue weighted by Gasteiger charge is -2.31. The molecule has 0 saturated carbocycles. The number of nitrogens with one attached hydrogen (secondary N) is 1. The van der Waals surface area contributed by atoms with Crippen LogP contribution in [0.2, 0.25) is 0 Å². The van der Waals surface area contributed by atoms with Crippen molar-refractivity contribution in [3.05, 3.63) is 71.2 Å². The molecule has 30 heavy (non-hydrogen) atoms. The highest BCUT2D eigenvalue weighted by Gasteiger charge is 2.28. The molecular formula is C23H23N3O3S. The van der Waals surface area contributed by atoms with Gasteiger partial charge in [0, 0.05) is 30.0 Å². The molecule has 0 spiro atoms. The Bertz CT molecular complexity index is 1030. The Hall–Kier alpha value is -3.19. The summed E-state index contributed by atoms with van der Waals surface area (Å²) in [6.45, 7) is 3.01. The average Bonchev–Trinajstić information content (AvgIpc) is 3.18. The van der Waals surface area contributed by atoms with Gasteiger partial charge in [0.15, 0.2) is 5.13 Å². The van der Waals surface area contributed by atoms with Gasteiger partial charge in [-0.2, -0.15) is 0 Å². The van der Waals surface area contributed by atoms with Crippen molar-refractivity contribution in [3.8, 4) is 11.5 Å². The van der Waals surface area contributed by atoms with Crippen molar-refractivity contribution in [2.24, 2.45) is 5.92 Å². The number of aryl methyl sites for hydroxylation is 1. The van der Waals surface area contributed by atoms with Gasteiger partial charge >= 0.3 is 0 Å². The number of thiazole rings is 1. The molecule has 1 saturated heterocycles. The zero-order chi connectivity index (χ0) is 20.9. The Morgan fingerprint density at radius 3 is 2.50 bits per heavy atom. The maximum Gasteiger partial charge on any atom is 0.253 e. The summed E-state index contributed by atoms with van der Waals surface area (Å²) in [4.78, 5) is 31.5. The highest BCUT2D eigenvalue weighted by Crippen LogP contribution is 2.25. The lowest BCUT2D eigenvalue weighted by molar-refractivity contribution is -0.121. The molecule has 2 amide bonds. The number of carbonyl (C=O) groups excluding carboxylic acids is 2. The summed E-state index contributed by atoms with van der Waals surface area (Å²) in [6, 6.07) is 16.7. The fourth-order valence-corrected chi connectivity index (χ4v) is 4.15. The molecule has 6 nitrogen and oxygen atoms in total. The second kappa shape index (κ2) is 9.09. The molecule has 3 aromatic rings. The highest BCUT2D eigenvalue weighted by molar-refractivity contribution is 7.13. The lowest BCUT2D eigenvalue weighted by atomic mass is 9.95. The smallest absolute Gasteiger partial charge is 0.253 e. The van der Waals surface area contributed by atoms with E-state index in [1.807, 2.05) is 54.8 Å². The van der Waals surface area contributed by atoms with Crippen LogP contribution in [0.5, 0.6) is 11.5 Å². The molecule has 0 aliphatic carbocycles. The summed E-state index contributed by atoms with van der Waals surface area (Å²) in [6.07, 6.45) is 1.28. The molecule has 1 N–H and O–H groups in total. The summed E-state index contributed by atoms with van der Waals surface area (Å²) in [5, 5.41) is 5.43. The van der Waals surface area contributed by atoms with Gasteiger partial charge in [-0.15, -0.1) is 11.3 Å². The van der Waals surface area contributed by atoms with Crippen LogP contribution in [0.25, 0.3) is 0 Å². The number of rotatable bonds is 5. The zero-order valence-corrected chi connectivity index (χ0v) is 17.5. The van der Waals surface area contributed by atoms with Gasteiger partial charge in [0.25, 0.3) is 5.91 Å². The predicted molar refractivity (Wildman–Crippen MR) is 117 cm³/mol. The van der Waals surface area contributed by atoms with Gasteiger partial charge in [-0.25, -0.2) is 4.98 Å². The van der Waals surface area contributed by atoms with Crippen LogP contribution >= 0.6 is 11.3 Å². The highest BCUT2D eigenvalue weighted by atomic mass is 32.1. The molecule has 0 unspecified atom stereocenters. The van der Waals surface area contributed by atoms with Crippen LogP contribution in [-0.2, 0) is 4.79 Å². The standard InChI is InChI=1S/C23H23N3O3S/c1-16-15-30-23(24-16)25-21(27)17-10-12-26(13-11-17)22(28)18-6-5-9-20(14-18)29-19-7-3-2-4-8-19/h2-9,14-15,17H,10-13H2,1H3,(H,24,25,27). The van der Waals surface area contributed by atoms with E-state index in [1.165, 1.54) is 11.3 Å². The van der Waals surface area contributed by atoms with Crippen LogP contribution in [0.3, 0.4) is 0 Å². The second-order valence-corrected chi connectivity index (χ2v) is 8.15. The van der Waals surface area contributed by atoms with Crippen LogP contribution in [0.4, 0.5) is 5.13 Å². The van der Waals surface area contributed by atoms with Crippen molar-refractivity contribution in [2.45, 2.75) is 19.8 Å². The molecule has 1 fully saturated rings. The summed E-state index contributed by atoms with van der Waals surface area (Å²) in [5.74, 6) is 1.19. The zero-order valence-electron chi connectivity index (χ0n) is 16.7. The topological polar surface area (TPSA) is 71.5 Å². The van der Waals surface area contributed by atoms with Crippen LogP contribution in [0, 0.1) is 12.8 Å². The van der Waals surface area contributed by atoms with Gasteiger partial charge in [-0.1, -0.05) is 24.3 Å². The molecule has 4 rings (SSSR count). The van der Waals surface area contributed by atoms with Gasteiger partial charge < -0.3 is 15.0 Å². The number of ether oxygens (including phenoxy) is 1. The van der Waals surface area contributed by atoms with Gasteiger partial charge in [-0.3, -0.25) is 9.59 Å². The first-order valence-electron chi connectivity index (χ1n) is 9.94. The molecule has 0 atom stereocenters. The van der Waals surface area contributed by atoms with Gasteiger partial charge in [0.2, 0.25) is 5.91 Å². The molecule has 7 heteroatoms. The van der Waals surface area contributed by atoms with Crippen LogP contribution < -0.4 is 10.1 Å². The third-order valence-electron chi connectivity index (χ3n) is 5.06. The number of amides is 2. The minimum absolute atomic E-state index is 0.0188. The summed E-state index contributed by atoms with van der Waals surface area (Å²) >= 11 is 1.43. The number of likely N-dealkylation sites (tertiary alicyclic amines) is 1. The van der Waals surface area contributed by atoms with E-state index in [0.717, 1.165) is 11.4 Å². The van der Waals surface area contributed by atoms with E-state index in [9.17, 15) is 9.59 Å². The van der Waals surface area contributed by atoms with Crippen LogP contribution in [0.1, 0.15) is 28.9 Å². The van der Waals surface area contributed by atoms with Crippen molar-refractivity contribution < 1.29 is 14.3 Å². The number of hydrogen-bond donors (Lipinski definition) is 1. The quantitative estimate of drug-likeness (QED) is 0.646. The first-order valence-corrected chi connectivity index (χ1v) is 10.8. The summed E-state index contributed by atoms with van der Waals surface area (Å²) < 4.78 is 5.83. The van der Waals surface area contributed by atoms with Crippen LogP contribution in [0.15, 0.2) is 60.0 Å². The van der Waals surface area contributed by atoms with Gasteiger partial charge in [0.05, 0.1) is 5.69 Å². The van der Waals surface area contributed by atoms with E-state index in [4.69, 9.17) is 4.74 Å². The molecule has 1 aliphatic rings. The number of carbonyl (C=O) groups is 2. The Balaban J connectivity index is 1.34. The normalized spacial score (nSPS) is 14.4. The fraction of sp³-hybridized carbons (Fsp3) is 0.261. The number of hydrogen-bond acceptors (Lipinski definition) is 5. The minimum atomic E-state index is -0.106. The first kappa shape index (κ1) is 20.1. The van der Waals surface area contributed by atoms with Gasteiger partial charge in [0.1, 0.15) is 11.5 Å². The Labute approximate surface area is 179 Å². The average molecular weight is 422 g/mol. The van der Waals surface area contributed by atoms with Crippen LogP contribution in [-0.4, -0.2) is 34.8 Å². The minimum Gasteiger partial charge on any atom is -0.457 e. The lowest BCUT2D eigenvalue weighted by Crippen LogP contribution is -2.41. The molecule has 154 valence electrons. The fourth-order valence-electron chi connectivity index (χ4n) is 3.46. The van der Waals surface area contributed by atoms with E-state index in [0.29, 0.717) is 42.4 Å². The van der Waals surface area contributed by atoms with E-state index in [-0.39, 0.29) is 17.7 Å². The van der Waals surface area contributed by atoms with Crippen molar-refractivity contribution in [2.75, 3.05) is 18.4 Å². The Kier molecular flexibility index (Phi) is 6.09. The molecule has 0 radical (unpaired) electrons. The predicted octanol–water partition coefficient (Wildman–Crippen LogP) is 4.73. The number of nitrogens with zero attached hydrogens (tertiary/aromatic N) is 2. The third-order valence-corrected chi connectivity index (χ3v) is 5.94. The SMILES string of the molecule is Cc1csc(NC(=O)C2CCN(C(=O)c3cccc(Oc4ccccc4)c3)CC2)n1. The number of para-hydroxylation sites is 1. The van der Waals surface area contributed by atoms with Crippen molar-refractivity contribution in [3.63, 3.8) is 0 Å². The molecule has 1 aromatic heterocycles. The molecule has 0 bridgehead atoms. The van der Waals surface area contributed by atoms with E-state index < -0.39 is 0 Å². The largest absolute Gasteiger partial charge is 0.457 e. The van der Waals surface area contributed by atoms with Crippen molar-refractivity contribution in [1.29, 1.82) is 0 Å². The molecule has 1 aliphatic heterocycles. The summed E-state index contributed by atoms with van der Waals surface area (Å²) in [7, 11) is 0.